The maximum atomic E-state index is 10.6. The third-order valence-electron chi connectivity index (χ3n) is 1.13. The summed E-state index contributed by atoms with van der Waals surface area (Å²) in [4.78, 5) is 10.6. The molecule has 1 atom stereocenters. The van der Waals surface area contributed by atoms with Crippen molar-refractivity contribution in [1.82, 2.24) is 0 Å². The number of hydrogen-bond acceptors (Lipinski definition) is 4. The first-order valence-corrected chi connectivity index (χ1v) is 3.92. The summed E-state index contributed by atoms with van der Waals surface area (Å²) in [7, 11) is 1.28. The van der Waals surface area contributed by atoms with Crippen molar-refractivity contribution in [2.45, 2.75) is 33.0 Å². The lowest BCUT2D eigenvalue weighted by molar-refractivity contribution is -0.0184. The molecule has 0 spiro atoms. The van der Waals surface area contributed by atoms with Crippen LogP contribution in [0.15, 0.2) is 0 Å². The van der Waals surface area contributed by atoms with E-state index in [1.807, 2.05) is 13.8 Å². The van der Waals surface area contributed by atoms with E-state index in [1.165, 1.54) is 7.11 Å². The van der Waals surface area contributed by atoms with Gasteiger partial charge >= 0.3 is 6.16 Å². The molecule has 0 N–H and O–H groups in total. The van der Waals surface area contributed by atoms with Crippen LogP contribution in [0.3, 0.4) is 0 Å². The van der Waals surface area contributed by atoms with Crippen LogP contribution >= 0.6 is 0 Å². The van der Waals surface area contributed by atoms with Crippen molar-refractivity contribution in [3.05, 3.63) is 0 Å². The summed E-state index contributed by atoms with van der Waals surface area (Å²) in [6.07, 6.45) is -0.789. The lowest BCUT2D eigenvalue weighted by atomic mass is 10.4. The predicted molar refractivity (Wildman–Crippen MR) is 44.0 cm³/mol. The van der Waals surface area contributed by atoms with Gasteiger partial charge in [-0.1, -0.05) is 0 Å². The summed E-state index contributed by atoms with van der Waals surface area (Å²) in [6.45, 7) is 5.99. The third-order valence-corrected chi connectivity index (χ3v) is 1.13. The predicted octanol–water partition coefficient (Wildman–Crippen LogP) is 1.58. The molecule has 12 heavy (non-hydrogen) atoms. The highest BCUT2D eigenvalue weighted by Crippen LogP contribution is 1.97. The number of ether oxygens (including phenoxy) is 3. The molecule has 4 nitrogen and oxygen atoms in total. The summed E-state index contributed by atoms with van der Waals surface area (Å²) in [6, 6.07) is 0. The molecule has 0 aliphatic carbocycles. The number of rotatable bonds is 4. The van der Waals surface area contributed by atoms with Gasteiger partial charge in [0.05, 0.1) is 19.8 Å². The van der Waals surface area contributed by atoms with Gasteiger partial charge in [0.15, 0.2) is 0 Å². The Morgan fingerprint density at radius 1 is 1.33 bits per heavy atom. The van der Waals surface area contributed by atoms with E-state index in [0.29, 0.717) is 6.61 Å². The summed E-state index contributed by atoms with van der Waals surface area (Å²) in [5.41, 5.74) is 0. The van der Waals surface area contributed by atoms with E-state index in [0.717, 1.165) is 0 Å². The molecular formula is C8H16O4. The highest BCUT2D eigenvalue weighted by molar-refractivity contribution is 5.59. The van der Waals surface area contributed by atoms with Gasteiger partial charge in [0.25, 0.3) is 0 Å². The molecule has 0 bridgehead atoms. The van der Waals surface area contributed by atoms with Crippen molar-refractivity contribution in [2.24, 2.45) is 0 Å². The molecule has 0 aliphatic rings. The van der Waals surface area contributed by atoms with Crippen LogP contribution in [0.4, 0.5) is 4.79 Å². The Bertz CT molecular complexity index is 133. The molecule has 0 aromatic carbocycles. The Morgan fingerprint density at radius 2 is 1.92 bits per heavy atom. The summed E-state index contributed by atoms with van der Waals surface area (Å²) >= 11 is 0. The Labute approximate surface area is 72.8 Å². The highest BCUT2D eigenvalue weighted by atomic mass is 16.7. The van der Waals surface area contributed by atoms with E-state index in [2.05, 4.69) is 4.74 Å². The van der Waals surface area contributed by atoms with Crippen LogP contribution in [-0.2, 0) is 14.2 Å². The molecule has 0 aromatic heterocycles. The van der Waals surface area contributed by atoms with Gasteiger partial charge in [-0.3, -0.25) is 0 Å². The van der Waals surface area contributed by atoms with Crippen LogP contribution in [0.2, 0.25) is 0 Å². The summed E-state index contributed by atoms with van der Waals surface area (Å²) in [5, 5.41) is 0. The fraction of sp³-hybridized carbons (Fsp3) is 0.875. The van der Waals surface area contributed by atoms with Gasteiger partial charge in [-0.2, -0.15) is 0 Å². The number of carbonyl (C=O) groups excluding carboxylic acids is 1. The van der Waals surface area contributed by atoms with Crippen LogP contribution < -0.4 is 0 Å². The van der Waals surface area contributed by atoms with Crippen molar-refractivity contribution in [2.75, 3.05) is 13.7 Å². The van der Waals surface area contributed by atoms with Gasteiger partial charge in [0, 0.05) is 0 Å². The topological polar surface area (TPSA) is 44.8 Å². The van der Waals surface area contributed by atoms with Gasteiger partial charge < -0.3 is 14.2 Å². The molecule has 4 heteroatoms. The lowest BCUT2D eigenvalue weighted by Gasteiger charge is -2.13. The quantitative estimate of drug-likeness (QED) is 0.610. The number of methoxy groups -OCH3 is 1. The molecule has 0 rings (SSSR count). The fourth-order valence-corrected chi connectivity index (χ4v) is 0.574. The van der Waals surface area contributed by atoms with E-state index >= 15 is 0 Å². The smallest absolute Gasteiger partial charge is 0.438 e. The second-order valence-electron chi connectivity index (χ2n) is 2.76. The molecule has 72 valence electrons. The second-order valence-corrected chi connectivity index (χ2v) is 2.76. The molecule has 1 unspecified atom stereocenters. The molecule has 0 radical (unpaired) electrons. The van der Waals surface area contributed by atoms with Gasteiger partial charge in [0.1, 0.15) is 6.10 Å². The largest absolute Gasteiger partial charge is 0.508 e. The highest BCUT2D eigenvalue weighted by Gasteiger charge is 2.09. The van der Waals surface area contributed by atoms with Gasteiger partial charge in [-0.25, -0.2) is 4.79 Å². The third kappa shape index (κ3) is 5.97. The zero-order valence-corrected chi connectivity index (χ0v) is 7.99. The molecule has 0 aromatic rings. The average Bonchev–Trinajstić information content (AvgIpc) is 2.00. The molecule has 0 aliphatic heterocycles. The first-order valence-electron chi connectivity index (χ1n) is 3.92. The van der Waals surface area contributed by atoms with Crippen molar-refractivity contribution < 1.29 is 19.0 Å². The van der Waals surface area contributed by atoms with E-state index in [-0.39, 0.29) is 12.2 Å². The van der Waals surface area contributed by atoms with Crippen LogP contribution in [0, 0.1) is 0 Å². The van der Waals surface area contributed by atoms with Crippen molar-refractivity contribution in [1.29, 1.82) is 0 Å². The maximum Gasteiger partial charge on any atom is 0.508 e. The van der Waals surface area contributed by atoms with Crippen LogP contribution in [0.1, 0.15) is 20.8 Å². The maximum absolute atomic E-state index is 10.6. The minimum atomic E-state index is -0.671. The van der Waals surface area contributed by atoms with E-state index < -0.39 is 6.16 Å². The molecule has 0 saturated heterocycles. The Morgan fingerprint density at radius 3 is 2.33 bits per heavy atom. The van der Waals surface area contributed by atoms with Crippen LogP contribution in [0.5, 0.6) is 0 Å². The molecule has 0 amide bonds. The van der Waals surface area contributed by atoms with Crippen LogP contribution in [-0.4, -0.2) is 32.1 Å². The first kappa shape index (κ1) is 11.2. The monoisotopic (exact) mass is 176 g/mol. The molecule has 0 heterocycles. The lowest BCUT2D eigenvalue weighted by Crippen LogP contribution is -2.22. The fourth-order valence-electron chi connectivity index (χ4n) is 0.574. The van der Waals surface area contributed by atoms with Crippen molar-refractivity contribution in [3.63, 3.8) is 0 Å². The van der Waals surface area contributed by atoms with E-state index in [9.17, 15) is 4.79 Å². The number of carbonyl (C=O) groups is 1. The zero-order valence-electron chi connectivity index (χ0n) is 7.99. The standard InChI is InChI=1S/C8H16O4/c1-6(2)11-5-7(3)12-8(9)10-4/h6-7H,5H2,1-4H3. The van der Waals surface area contributed by atoms with Gasteiger partial charge in [-0.05, 0) is 20.8 Å². The van der Waals surface area contributed by atoms with E-state index in [4.69, 9.17) is 9.47 Å². The number of hydrogen-bond donors (Lipinski definition) is 0. The second kappa shape index (κ2) is 5.83. The minimum absolute atomic E-state index is 0.147. The van der Waals surface area contributed by atoms with Crippen molar-refractivity contribution >= 4 is 6.16 Å². The first-order chi connectivity index (χ1) is 5.56. The molecular weight excluding hydrogens is 160 g/mol. The Kier molecular flexibility index (Phi) is 5.45. The zero-order chi connectivity index (χ0) is 9.56. The molecule has 0 saturated carbocycles. The summed E-state index contributed by atoms with van der Waals surface area (Å²) in [5.74, 6) is 0. The molecule has 0 fully saturated rings. The van der Waals surface area contributed by atoms with Crippen LogP contribution in [0.25, 0.3) is 0 Å². The normalized spacial score (nSPS) is 12.8. The Balaban J connectivity index is 3.45. The Hall–Kier alpha value is -0.770. The minimum Gasteiger partial charge on any atom is -0.438 e. The van der Waals surface area contributed by atoms with Gasteiger partial charge in [-0.15, -0.1) is 0 Å². The average molecular weight is 176 g/mol. The van der Waals surface area contributed by atoms with E-state index in [1.54, 1.807) is 6.92 Å². The SMILES string of the molecule is COC(=O)OC(C)COC(C)C. The summed E-state index contributed by atoms with van der Waals surface area (Å²) < 4.78 is 14.3. The van der Waals surface area contributed by atoms with Crippen molar-refractivity contribution in [3.8, 4) is 0 Å². The van der Waals surface area contributed by atoms with Gasteiger partial charge in [0.2, 0.25) is 0 Å².